The van der Waals surface area contributed by atoms with Crippen LogP contribution in [0.2, 0.25) is 5.02 Å². The van der Waals surface area contributed by atoms with E-state index in [0.717, 1.165) is 6.07 Å². The van der Waals surface area contributed by atoms with Gasteiger partial charge in [-0.2, -0.15) is 26.3 Å². The van der Waals surface area contributed by atoms with Crippen LogP contribution in [0.5, 0.6) is 0 Å². The minimum absolute atomic E-state index is 0.108. The number of rotatable bonds is 7. The van der Waals surface area contributed by atoms with E-state index in [0.29, 0.717) is 6.29 Å². The van der Waals surface area contributed by atoms with Crippen molar-refractivity contribution in [3.63, 3.8) is 0 Å². The van der Waals surface area contributed by atoms with E-state index < -0.39 is 46.0 Å². The molecule has 2 aromatic rings. The summed E-state index contributed by atoms with van der Waals surface area (Å²) in [6.45, 7) is -1.75. The Labute approximate surface area is 218 Å². The normalized spacial score (nSPS) is 21.4. The van der Waals surface area contributed by atoms with Crippen LogP contribution in [0, 0.1) is 5.41 Å². The van der Waals surface area contributed by atoms with Gasteiger partial charge in [-0.1, -0.05) is 56.8 Å². The quantitative estimate of drug-likeness (QED) is 0.198. The van der Waals surface area contributed by atoms with Crippen molar-refractivity contribution in [1.29, 1.82) is 0 Å². The summed E-state index contributed by atoms with van der Waals surface area (Å²) >= 11 is 21.5. The van der Waals surface area contributed by atoms with E-state index in [-0.39, 0.29) is 32.9 Å². The zero-order valence-electron chi connectivity index (χ0n) is 17.1. The molecule has 1 aliphatic carbocycles. The van der Waals surface area contributed by atoms with Gasteiger partial charge in [-0.15, -0.1) is 0 Å². The average Bonchev–Trinajstić information content (AvgIpc) is 3.24. The first kappa shape index (κ1) is 27.9. The zero-order chi connectivity index (χ0) is 26.4. The van der Waals surface area contributed by atoms with E-state index in [4.69, 9.17) is 34.8 Å². The highest BCUT2D eigenvalue weighted by atomic mass is 79.9. The number of hydrogen-bond donors (Lipinski definition) is 2. The number of alkyl halides is 8. The Morgan fingerprint density at radius 2 is 1.74 bits per heavy atom. The van der Waals surface area contributed by atoms with Crippen LogP contribution in [0.4, 0.5) is 32.0 Å². The van der Waals surface area contributed by atoms with Crippen molar-refractivity contribution in [1.82, 2.24) is 5.32 Å². The fourth-order valence-electron chi connectivity index (χ4n) is 3.67. The number of nitrogens with one attached hydrogen (secondary N) is 2. The number of anilines is 1. The van der Waals surface area contributed by atoms with Crippen molar-refractivity contribution in [2.75, 3.05) is 18.4 Å². The van der Waals surface area contributed by atoms with Gasteiger partial charge in [0.05, 0.1) is 21.6 Å². The molecule has 2 aromatic carbocycles. The molecule has 1 saturated carbocycles. The van der Waals surface area contributed by atoms with Crippen LogP contribution in [0.1, 0.15) is 27.4 Å². The maximum atomic E-state index is 13.1. The summed E-state index contributed by atoms with van der Waals surface area (Å²) in [5, 5.41) is 4.44. The van der Waals surface area contributed by atoms with Gasteiger partial charge in [-0.3, -0.25) is 4.79 Å². The molecule has 35 heavy (non-hydrogen) atoms. The highest BCUT2D eigenvalue weighted by Gasteiger charge is 2.76. The van der Waals surface area contributed by atoms with E-state index in [1.807, 2.05) is 0 Å². The second-order valence-electron chi connectivity index (χ2n) is 7.80. The lowest BCUT2D eigenvalue weighted by atomic mass is 9.99. The summed E-state index contributed by atoms with van der Waals surface area (Å²) in [6, 6.07) is 7.07. The molecule has 2 unspecified atom stereocenters. The van der Waals surface area contributed by atoms with E-state index in [1.54, 1.807) is 5.32 Å². The van der Waals surface area contributed by atoms with Crippen LogP contribution >= 0.6 is 50.7 Å². The minimum Gasteiger partial charge on any atom is -0.384 e. The summed E-state index contributed by atoms with van der Waals surface area (Å²) < 4.78 is 74.4. The molecule has 2 atom stereocenters. The predicted octanol–water partition coefficient (Wildman–Crippen LogP) is 6.98. The Morgan fingerprint density at radius 3 is 2.29 bits per heavy atom. The van der Waals surface area contributed by atoms with Gasteiger partial charge in [-0.25, -0.2) is 0 Å². The molecule has 0 saturated heterocycles. The van der Waals surface area contributed by atoms with Gasteiger partial charge in [0, 0.05) is 22.6 Å². The lowest BCUT2D eigenvalue weighted by Crippen LogP contribution is -2.33. The number of benzene rings is 2. The summed E-state index contributed by atoms with van der Waals surface area (Å²) in [6.07, 6.45) is -8.72. The molecule has 1 amide bonds. The maximum Gasteiger partial charge on any atom is 0.417 e. The maximum absolute atomic E-state index is 13.1. The van der Waals surface area contributed by atoms with Crippen LogP contribution in [-0.2, 0) is 11.0 Å². The first-order chi connectivity index (χ1) is 16.0. The largest absolute Gasteiger partial charge is 0.417 e. The number of amides is 1. The lowest BCUT2D eigenvalue weighted by molar-refractivity contribution is -0.138. The van der Waals surface area contributed by atoms with Crippen molar-refractivity contribution in [3.8, 4) is 0 Å². The molecule has 1 aliphatic rings. The van der Waals surface area contributed by atoms with Gasteiger partial charge in [0.1, 0.15) is 17.2 Å². The van der Waals surface area contributed by atoms with E-state index in [9.17, 15) is 35.9 Å². The highest BCUT2D eigenvalue weighted by Crippen LogP contribution is 2.73. The fraction of sp³-hybridized carbons (Fsp3) is 0.333. The van der Waals surface area contributed by atoms with Crippen molar-refractivity contribution >= 4 is 68.6 Å². The molecule has 4 nitrogen and oxygen atoms in total. The van der Waals surface area contributed by atoms with Crippen molar-refractivity contribution in [3.05, 3.63) is 62.6 Å². The third-order valence-electron chi connectivity index (χ3n) is 5.50. The zero-order valence-corrected chi connectivity index (χ0v) is 21.0. The minimum atomic E-state index is -4.62. The first-order valence-corrected chi connectivity index (χ1v) is 11.6. The molecule has 0 heterocycles. The molecule has 0 spiro atoms. The van der Waals surface area contributed by atoms with Gasteiger partial charge in [0.2, 0.25) is 0 Å². The second-order valence-corrected chi connectivity index (χ2v) is 10.4. The summed E-state index contributed by atoms with van der Waals surface area (Å²) in [7, 11) is 0. The third kappa shape index (κ3) is 5.68. The number of aldehydes is 1. The van der Waals surface area contributed by atoms with Gasteiger partial charge >= 0.3 is 12.4 Å². The fourth-order valence-corrected chi connectivity index (χ4v) is 5.46. The molecule has 0 aliphatic heterocycles. The van der Waals surface area contributed by atoms with Gasteiger partial charge < -0.3 is 15.4 Å². The predicted molar refractivity (Wildman–Crippen MR) is 123 cm³/mol. The van der Waals surface area contributed by atoms with Crippen molar-refractivity contribution < 1.29 is 35.9 Å². The molecule has 0 aromatic heterocycles. The van der Waals surface area contributed by atoms with E-state index in [2.05, 4.69) is 21.2 Å². The van der Waals surface area contributed by atoms with Crippen LogP contribution in [0.15, 0.2) is 40.9 Å². The Hall–Kier alpha value is -1.69. The molecule has 0 radical (unpaired) electrons. The Balaban J connectivity index is 1.80. The topological polar surface area (TPSA) is 58.2 Å². The lowest BCUT2D eigenvalue weighted by Gasteiger charge is -2.16. The summed E-state index contributed by atoms with van der Waals surface area (Å²) in [5.41, 5.74) is -2.11. The molecular weight excluding hydrogens is 612 g/mol. The SMILES string of the molecule is O=CC1(CNc2ccc(Cl)c(C(=O)NCC(F)(F)F)c2)C(c2ccc(C(F)(F)F)c(Br)c2)C1(Cl)Cl. The van der Waals surface area contributed by atoms with Gasteiger partial charge in [0.15, 0.2) is 0 Å². The summed E-state index contributed by atoms with van der Waals surface area (Å²) in [4.78, 5) is 24.1. The molecule has 14 heteroatoms. The molecule has 1 fully saturated rings. The smallest absolute Gasteiger partial charge is 0.384 e. The number of carbonyl (C=O) groups excluding carboxylic acids is 2. The first-order valence-electron chi connectivity index (χ1n) is 9.62. The standard InChI is InChI=1S/C21H14BrCl3F6N2O2/c22-14-5-10(1-3-13(14)21(29,30)31)16-18(9-34,20(16,24)25)7-32-11-2-4-15(23)12(6-11)17(35)33-8-19(26,27)28/h1-6,9,16,32H,7-8H2,(H,33,35). The average molecular weight is 627 g/mol. The molecule has 190 valence electrons. The number of carbonyl (C=O) groups is 2. The van der Waals surface area contributed by atoms with Crippen molar-refractivity contribution in [2.45, 2.75) is 22.6 Å². The molecular formula is C21H14BrCl3F6N2O2. The van der Waals surface area contributed by atoms with E-state index in [1.165, 1.54) is 30.3 Å². The Kier molecular flexibility index (Phi) is 7.68. The molecule has 2 N–H and O–H groups in total. The second kappa shape index (κ2) is 9.64. The number of hydrogen-bond acceptors (Lipinski definition) is 3. The third-order valence-corrected chi connectivity index (χ3v) is 7.63. The van der Waals surface area contributed by atoms with Gasteiger partial charge in [0.25, 0.3) is 5.91 Å². The monoisotopic (exact) mass is 624 g/mol. The molecule has 3 rings (SSSR count). The summed E-state index contributed by atoms with van der Waals surface area (Å²) in [5.74, 6) is -1.94. The highest BCUT2D eigenvalue weighted by molar-refractivity contribution is 9.10. The van der Waals surface area contributed by atoms with Crippen LogP contribution in [-0.4, -0.2) is 35.8 Å². The van der Waals surface area contributed by atoms with Crippen LogP contribution < -0.4 is 10.6 Å². The Bertz CT molecular complexity index is 1160. The van der Waals surface area contributed by atoms with Crippen molar-refractivity contribution in [2.24, 2.45) is 5.41 Å². The van der Waals surface area contributed by atoms with Crippen LogP contribution in [0.3, 0.4) is 0 Å². The Morgan fingerprint density at radius 1 is 1.09 bits per heavy atom. The van der Waals surface area contributed by atoms with Crippen LogP contribution in [0.25, 0.3) is 0 Å². The number of halogens is 10. The molecule has 0 bridgehead atoms. The van der Waals surface area contributed by atoms with E-state index >= 15 is 0 Å². The van der Waals surface area contributed by atoms with Gasteiger partial charge in [-0.05, 0) is 35.9 Å².